The molecule has 4 heteroatoms. The highest BCUT2D eigenvalue weighted by Crippen LogP contribution is 2.23. The van der Waals surface area contributed by atoms with Gasteiger partial charge in [0.15, 0.2) is 0 Å². The quantitative estimate of drug-likeness (QED) is 0.624. The molecule has 0 saturated heterocycles. The van der Waals surface area contributed by atoms with Gasteiger partial charge >= 0.3 is 6.16 Å². The average molecular weight is 300 g/mol. The van der Waals surface area contributed by atoms with Crippen LogP contribution in [0.5, 0.6) is 5.75 Å². The maximum atomic E-state index is 10.5. The highest BCUT2D eigenvalue weighted by Gasteiger charge is 2.11. The molecule has 0 aliphatic heterocycles. The zero-order chi connectivity index (χ0) is 15.9. The van der Waals surface area contributed by atoms with E-state index in [1.807, 2.05) is 49.4 Å². The van der Waals surface area contributed by atoms with Crippen molar-refractivity contribution in [3.05, 3.63) is 65.7 Å². The summed E-state index contributed by atoms with van der Waals surface area (Å²) in [6.07, 6.45) is -1.26. The first-order valence-electron chi connectivity index (χ1n) is 7.23. The minimum Gasteiger partial charge on any atom is -0.449 e. The molecule has 2 rings (SSSR count). The fourth-order valence-corrected chi connectivity index (χ4v) is 2.17. The van der Waals surface area contributed by atoms with E-state index in [2.05, 4.69) is 11.7 Å². The fraction of sp³-hybridized carbons (Fsp3) is 0.278. The normalized spacial score (nSPS) is 13.4. The highest BCUT2D eigenvalue weighted by molar-refractivity contribution is 5.61. The van der Waals surface area contributed by atoms with E-state index in [4.69, 9.17) is 9.84 Å². The first kappa shape index (κ1) is 16.0. The molecule has 4 nitrogen and oxygen atoms in total. The Morgan fingerprint density at radius 1 is 1.00 bits per heavy atom. The molecular weight excluding hydrogens is 280 g/mol. The lowest BCUT2D eigenvalue weighted by atomic mass is 10.0. The standard InChI is InChI=1S/C18H20O4/c1-13(12-21-14(2)16-6-4-3-5-7-16)15-8-10-17(11-9-15)22-18(19)20/h3-11,13-14H,12H2,1-2H3,(H,19,20). The Balaban J connectivity index is 1.89. The zero-order valence-electron chi connectivity index (χ0n) is 12.7. The summed E-state index contributed by atoms with van der Waals surface area (Å²) in [5.41, 5.74) is 2.23. The van der Waals surface area contributed by atoms with Crippen LogP contribution in [0.2, 0.25) is 0 Å². The van der Waals surface area contributed by atoms with Crippen LogP contribution in [0.15, 0.2) is 54.6 Å². The smallest absolute Gasteiger partial charge is 0.449 e. The number of benzene rings is 2. The molecule has 0 aliphatic carbocycles. The molecule has 0 aliphatic rings. The van der Waals surface area contributed by atoms with Gasteiger partial charge in [-0.2, -0.15) is 0 Å². The van der Waals surface area contributed by atoms with Crippen molar-refractivity contribution in [3.63, 3.8) is 0 Å². The third-order valence-corrected chi connectivity index (χ3v) is 3.52. The van der Waals surface area contributed by atoms with E-state index in [0.29, 0.717) is 12.4 Å². The molecular formula is C18H20O4. The van der Waals surface area contributed by atoms with Crippen LogP contribution in [-0.4, -0.2) is 17.9 Å². The number of rotatable bonds is 6. The first-order chi connectivity index (χ1) is 10.6. The van der Waals surface area contributed by atoms with Crippen LogP contribution < -0.4 is 4.74 Å². The molecule has 0 spiro atoms. The monoisotopic (exact) mass is 300 g/mol. The van der Waals surface area contributed by atoms with Crippen molar-refractivity contribution in [1.82, 2.24) is 0 Å². The van der Waals surface area contributed by atoms with E-state index in [9.17, 15) is 4.79 Å². The Hall–Kier alpha value is -2.33. The van der Waals surface area contributed by atoms with Crippen molar-refractivity contribution in [1.29, 1.82) is 0 Å². The molecule has 0 bridgehead atoms. The van der Waals surface area contributed by atoms with Crippen LogP contribution in [0, 0.1) is 0 Å². The lowest BCUT2D eigenvalue weighted by Crippen LogP contribution is -2.08. The Labute approximate surface area is 130 Å². The maximum absolute atomic E-state index is 10.5. The fourth-order valence-electron chi connectivity index (χ4n) is 2.17. The van der Waals surface area contributed by atoms with Crippen molar-refractivity contribution in [3.8, 4) is 5.75 Å². The average Bonchev–Trinajstić information content (AvgIpc) is 2.53. The minimum absolute atomic E-state index is 0.0401. The summed E-state index contributed by atoms with van der Waals surface area (Å²) in [7, 11) is 0. The topological polar surface area (TPSA) is 55.8 Å². The summed E-state index contributed by atoms with van der Waals surface area (Å²) in [6.45, 7) is 4.70. The van der Waals surface area contributed by atoms with Crippen molar-refractivity contribution in [2.45, 2.75) is 25.9 Å². The second-order valence-electron chi connectivity index (χ2n) is 5.22. The third-order valence-electron chi connectivity index (χ3n) is 3.52. The van der Waals surface area contributed by atoms with E-state index in [1.165, 1.54) is 0 Å². The third kappa shape index (κ3) is 4.60. The van der Waals surface area contributed by atoms with Gasteiger partial charge in [-0.3, -0.25) is 0 Å². The minimum atomic E-state index is -1.30. The molecule has 2 aromatic carbocycles. The van der Waals surface area contributed by atoms with Crippen molar-refractivity contribution in [2.75, 3.05) is 6.61 Å². The first-order valence-corrected chi connectivity index (χ1v) is 7.23. The molecule has 22 heavy (non-hydrogen) atoms. The largest absolute Gasteiger partial charge is 0.511 e. The van der Waals surface area contributed by atoms with Gasteiger partial charge in [0.05, 0.1) is 12.7 Å². The van der Waals surface area contributed by atoms with Gasteiger partial charge in [-0.1, -0.05) is 49.4 Å². The number of ether oxygens (including phenoxy) is 2. The van der Waals surface area contributed by atoms with Gasteiger partial charge in [0.25, 0.3) is 0 Å². The summed E-state index contributed by atoms with van der Waals surface area (Å²) < 4.78 is 10.5. The molecule has 0 radical (unpaired) electrons. The molecule has 0 aromatic heterocycles. The van der Waals surface area contributed by atoms with Gasteiger partial charge in [-0.25, -0.2) is 4.79 Å². The van der Waals surface area contributed by atoms with Crippen LogP contribution in [0.25, 0.3) is 0 Å². The lowest BCUT2D eigenvalue weighted by Gasteiger charge is -2.18. The van der Waals surface area contributed by atoms with E-state index in [1.54, 1.807) is 12.1 Å². The Kier molecular flexibility index (Phi) is 5.55. The Bertz CT molecular complexity index is 592. The van der Waals surface area contributed by atoms with E-state index < -0.39 is 6.16 Å². The summed E-state index contributed by atoms with van der Waals surface area (Å²) in [4.78, 5) is 10.5. The van der Waals surface area contributed by atoms with E-state index in [-0.39, 0.29) is 12.0 Å². The van der Waals surface area contributed by atoms with Crippen LogP contribution in [0.1, 0.15) is 37.0 Å². The van der Waals surface area contributed by atoms with Crippen LogP contribution in [0.4, 0.5) is 4.79 Å². The van der Waals surface area contributed by atoms with Crippen LogP contribution in [0.3, 0.4) is 0 Å². The number of hydrogen-bond donors (Lipinski definition) is 1. The molecule has 0 amide bonds. The second kappa shape index (κ2) is 7.61. The summed E-state index contributed by atoms with van der Waals surface area (Å²) in [5, 5.41) is 8.56. The van der Waals surface area contributed by atoms with Crippen LogP contribution in [-0.2, 0) is 4.74 Å². The predicted octanol–water partition coefficient (Wildman–Crippen LogP) is 4.62. The number of carbonyl (C=O) groups is 1. The van der Waals surface area contributed by atoms with Gasteiger partial charge in [0.2, 0.25) is 0 Å². The maximum Gasteiger partial charge on any atom is 0.511 e. The van der Waals surface area contributed by atoms with Gasteiger partial charge < -0.3 is 14.6 Å². The number of carboxylic acid groups (broad SMARTS) is 1. The van der Waals surface area contributed by atoms with Gasteiger partial charge in [0, 0.05) is 5.92 Å². The zero-order valence-corrected chi connectivity index (χ0v) is 12.7. The molecule has 116 valence electrons. The predicted molar refractivity (Wildman–Crippen MR) is 84.3 cm³/mol. The Morgan fingerprint density at radius 3 is 2.23 bits per heavy atom. The lowest BCUT2D eigenvalue weighted by molar-refractivity contribution is 0.0575. The number of hydrogen-bond acceptors (Lipinski definition) is 3. The van der Waals surface area contributed by atoms with Gasteiger partial charge in [0.1, 0.15) is 5.75 Å². The molecule has 0 fully saturated rings. The van der Waals surface area contributed by atoms with E-state index in [0.717, 1.165) is 11.1 Å². The van der Waals surface area contributed by atoms with Crippen LogP contribution >= 0.6 is 0 Å². The van der Waals surface area contributed by atoms with Crippen molar-refractivity contribution >= 4 is 6.16 Å². The summed E-state index contributed by atoms with van der Waals surface area (Å²) in [6, 6.07) is 17.1. The van der Waals surface area contributed by atoms with Crippen molar-refractivity contribution in [2.24, 2.45) is 0 Å². The molecule has 2 aromatic rings. The van der Waals surface area contributed by atoms with Crippen molar-refractivity contribution < 1.29 is 19.4 Å². The summed E-state index contributed by atoms with van der Waals surface area (Å²) >= 11 is 0. The second-order valence-corrected chi connectivity index (χ2v) is 5.22. The molecule has 1 N–H and O–H groups in total. The SMILES string of the molecule is CC(COC(C)c1ccccc1)c1ccc(OC(=O)O)cc1. The molecule has 2 atom stereocenters. The summed E-state index contributed by atoms with van der Waals surface area (Å²) in [5.74, 6) is 0.534. The highest BCUT2D eigenvalue weighted by atomic mass is 16.7. The Morgan fingerprint density at radius 2 is 1.64 bits per heavy atom. The molecule has 0 saturated carbocycles. The van der Waals surface area contributed by atoms with Gasteiger partial charge in [-0.05, 0) is 30.2 Å². The molecule has 2 unspecified atom stereocenters. The molecule has 0 heterocycles. The van der Waals surface area contributed by atoms with E-state index >= 15 is 0 Å². The van der Waals surface area contributed by atoms with Gasteiger partial charge in [-0.15, -0.1) is 0 Å².